The van der Waals surface area contributed by atoms with Crippen molar-refractivity contribution in [3.05, 3.63) is 28.8 Å². The number of nitrogens with one attached hydrogen (secondary N) is 1. The molecular weight excluding hydrogens is 272 g/mol. The van der Waals surface area contributed by atoms with Crippen LogP contribution in [0.1, 0.15) is 37.8 Å². The number of ether oxygens (including phenoxy) is 1. The van der Waals surface area contributed by atoms with Crippen LogP contribution in [0.15, 0.2) is 18.2 Å². The minimum atomic E-state index is 0.475. The summed E-state index contributed by atoms with van der Waals surface area (Å²) in [5, 5.41) is 4.11. The molecular formula is C16H25ClN2O. The van der Waals surface area contributed by atoms with Gasteiger partial charge in [-0.1, -0.05) is 37.4 Å². The second-order valence-corrected chi connectivity index (χ2v) is 5.75. The number of rotatable bonds is 6. The third-order valence-electron chi connectivity index (χ3n) is 3.98. The van der Waals surface area contributed by atoms with Crippen LogP contribution in [0, 0.1) is 0 Å². The van der Waals surface area contributed by atoms with E-state index in [1.807, 2.05) is 6.07 Å². The molecule has 1 atom stereocenters. The number of halogens is 1. The molecule has 0 aliphatic carbocycles. The molecule has 20 heavy (non-hydrogen) atoms. The summed E-state index contributed by atoms with van der Waals surface area (Å²) in [6.07, 6.45) is 3.67. The zero-order valence-electron chi connectivity index (χ0n) is 12.5. The molecule has 4 heteroatoms. The molecule has 1 aliphatic rings. The van der Waals surface area contributed by atoms with Gasteiger partial charge in [-0.15, -0.1) is 0 Å². The van der Waals surface area contributed by atoms with Gasteiger partial charge in [-0.25, -0.2) is 0 Å². The molecule has 1 heterocycles. The van der Waals surface area contributed by atoms with E-state index in [2.05, 4.69) is 29.3 Å². The summed E-state index contributed by atoms with van der Waals surface area (Å²) in [5.74, 6) is 0.779. The molecule has 1 aromatic rings. The molecule has 1 N–H and O–H groups in total. The first kappa shape index (κ1) is 15.6. The van der Waals surface area contributed by atoms with Crippen LogP contribution in [0.4, 0.5) is 0 Å². The van der Waals surface area contributed by atoms with Gasteiger partial charge in [-0.05, 0) is 24.1 Å². The predicted octanol–water partition coefficient (Wildman–Crippen LogP) is 3.49. The maximum absolute atomic E-state index is 6.14. The monoisotopic (exact) mass is 296 g/mol. The number of nitrogens with zero attached hydrogens (tertiary/aromatic N) is 1. The Balaban J connectivity index is 2.20. The lowest BCUT2D eigenvalue weighted by molar-refractivity contribution is 0.163. The molecule has 0 radical (unpaired) electrons. The van der Waals surface area contributed by atoms with E-state index in [0.717, 1.165) is 31.9 Å². The van der Waals surface area contributed by atoms with Crippen molar-refractivity contribution in [3.63, 3.8) is 0 Å². The predicted molar refractivity (Wildman–Crippen MR) is 84.7 cm³/mol. The molecule has 2 rings (SSSR count). The van der Waals surface area contributed by atoms with Crippen LogP contribution in [0.2, 0.25) is 5.02 Å². The van der Waals surface area contributed by atoms with E-state index in [-0.39, 0.29) is 0 Å². The summed E-state index contributed by atoms with van der Waals surface area (Å²) in [6.45, 7) is 6.62. The Morgan fingerprint density at radius 2 is 2.10 bits per heavy atom. The Bertz CT molecular complexity index is 419. The van der Waals surface area contributed by atoms with Gasteiger partial charge in [0.25, 0.3) is 0 Å². The van der Waals surface area contributed by atoms with E-state index >= 15 is 0 Å². The highest BCUT2D eigenvalue weighted by Gasteiger charge is 2.22. The fourth-order valence-corrected chi connectivity index (χ4v) is 3.03. The zero-order chi connectivity index (χ0) is 14.4. The smallest absolute Gasteiger partial charge is 0.137 e. The van der Waals surface area contributed by atoms with Crippen LogP contribution in [-0.4, -0.2) is 38.2 Å². The summed E-state index contributed by atoms with van der Waals surface area (Å²) < 4.78 is 5.36. The minimum absolute atomic E-state index is 0.475. The molecule has 0 unspecified atom stereocenters. The number of benzene rings is 1. The fourth-order valence-electron chi connectivity index (χ4n) is 2.83. The van der Waals surface area contributed by atoms with Crippen LogP contribution in [-0.2, 0) is 0 Å². The van der Waals surface area contributed by atoms with Gasteiger partial charge in [-0.3, -0.25) is 4.90 Å². The maximum Gasteiger partial charge on any atom is 0.137 e. The highest BCUT2D eigenvalue weighted by Crippen LogP contribution is 2.32. The van der Waals surface area contributed by atoms with E-state index in [4.69, 9.17) is 16.3 Å². The van der Waals surface area contributed by atoms with E-state index in [9.17, 15) is 0 Å². The van der Waals surface area contributed by atoms with Gasteiger partial charge in [0.2, 0.25) is 0 Å². The van der Waals surface area contributed by atoms with Gasteiger partial charge in [0, 0.05) is 32.2 Å². The second-order valence-electron chi connectivity index (χ2n) is 5.34. The quantitative estimate of drug-likeness (QED) is 0.870. The van der Waals surface area contributed by atoms with E-state index < -0.39 is 0 Å². The summed E-state index contributed by atoms with van der Waals surface area (Å²) in [4.78, 5) is 2.58. The highest BCUT2D eigenvalue weighted by molar-refractivity contribution is 6.32. The molecule has 1 saturated heterocycles. The van der Waals surface area contributed by atoms with E-state index in [1.165, 1.54) is 24.8 Å². The lowest BCUT2D eigenvalue weighted by atomic mass is 9.98. The summed E-state index contributed by atoms with van der Waals surface area (Å²) >= 11 is 6.14. The van der Waals surface area contributed by atoms with Crippen molar-refractivity contribution < 1.29 is 4.74 Å². The van der Waals surface area contributed by atoms with Crippen LogP contribution < -0.4 is 10.1 Å². The lowest BCUT2D eigenvalue weighted by Gasteiger charge is -2.35. The standard InChI is InChI=1S/C16H25ClN2O/c1-3-4-5-15(19-10-8-18-9-11-19)13-6-7-14(17)16(12-13)20-2/h6-7,12,15,18H,3-5,8-11H2,1-2H3/t15-/m1/s1. The second kappa shape index (κ2) is 7.87. The topological polar surface area (TPSA) is 24.5 Å². The molecule has 3 nitrogen and oxygen atoms in total. The largest absolute Gasteiger partial charge is 0.495 e. The Labute approximate surface area is 127 Å². The van der Waals surface area contributed by atoms with Gasteiger partial charge in [0.05, 0.1) is 12.1 Å². The Hall–Kier alpha value is -0.770. The number of hydrogen-bond donors (Lipinski definition) is 1. The van der Waals surface area contributed by atoms with Crippen LogP contribution in [0.5, 0.6) is 5.75 Å². The highest BCUT2D eigenvalue weighted by atomic mass is 35.5. The Kier molecular flexibility index (Phi) is 6.14. The van der Waals surface area contributed by atoms with Crippen LogP contribution in [0.25, 0.3) is 0 Å². The Morgan fingerprint density at radius 3 is 2.75 bits per heavy atom. The third-order valence-corrected chi connectivity index (χ3v) is 4.30. The third kappa shape index (κ3) is 3.87. The average molecular weight is 297 g/mol. The normalized spacial score (nSPS) is 17.9. The maximum atomic E-state index is 6.14. The summed E-state index contributed by atoms with van der Waals surface area (Å²) in [5.41, 5.74) is 1.32. The van der Waals surface area contributed by atoms with Crippen LogP contribution >= 0.6 is 11.6 Å². The van der Waals surface area contributed by atoms with Crippen molar-refractivity contribution in [2.45, 2.75) is 32.2 Å². The SMILES string of the molecule is CCCC[C@H](c1ccc(Cl)c(OC)c1)N1CCNCC1. The first-order valence-electron chi connectivity index (χ1n) is 7.54. The van der Waals surface area contributed by atoms with Crippen molar-refractivity contribution in [1.82, 2.24) is 10.2 Å². The number of piperazine rings is 1. The number of unbranched alkanes of at least 4 members (excludes halogenated alkanes) is 1. The van der Waals surface area contributed by atoms with Gasteiger partial charge < -0.3 is 10.1 Å². The molecule has 1 aliphatic heterocycles. The molecule has 0 spiro atoms. The van der Waals surface area contributed by atoms with Gasteiger partial charge >= 0.3 is 0 Å². The van der Waals surface area contributed by atoms with Crippen molar-refractivity contribution in [2.24, 2.45) is 0 Å². The molecule has 0 amide bonds. The Morgan fingerprint density at radius 1 is 1.35 bits per heavy atom. The average Bonchev–Trinajstić information content (AvgIpc) is 2.50. The molecule has 0 aromatic heterocycles. The van der Waals surface area contributed by atoms with E-state index in [0.29, 0.717) is 11.1 Å². The van der Waals surface area contributed by atoms with Gasteiger partial charge in [0.1, 0.15) is 5.75 Å². The molecule has 0 saturated carbocycles. The summed E-state index contributed by atoms with van der Waals surface area (Å²) in [6, 6.07) is 6.68. The van der Waals surface area contributed by atoms with Gasteiger partial charge in [0.15, 0.2) is 0 Å². The molecule has 1 aromatic carbocycles. The van der Waals surface area contributed by atoms with Crippen molar-refractivity contribution in [1.29, 1.82) is 0 Å². The first-order chi connectivity index (χ1) is 9.76. The zero-order valence-corrected chi connectivity index (χ0v) is 13.2. The lowest BCUT2D eigenvalue weighted by Crippen LogP contribution is -2.45. The van der Waals surface area contributed by atoms with Crippen molar-refractivity contribution in [2.75, 3.05) is 33.3 Å². The molecule has 0 bridgehead atoms. The first-order valence-corrected chi connectivity index (χ1v) is 7.92. The van der Waals surface area contributed by atoms with Gasteiger partial charge in [-0.2, -0.15) is 0 Å². The van der Waals surface area contributed by atoms with Crippen molar-refractivity contribution >= 4 is 11.6 Å². The fraction of sp³-hybridized carbons (Fsp3) is 0.625. The van der Waals surface area contributed by atoms with E-state index in [1.54, 1.807) is 7.11 Å². The van der Waals surface area contributed by atoms with Crippen molar-refractivity contribution in [3.8, 4) is 5.75 Å². The summed E-state index contributed by atoms with van der Waals surface area (Å²) in [7, 11) is 1.68. The molecule has 112 valence electrons. The minimum Gasteiger partial charge on any atom is -0.495 e. The van der Waals surface area contributed by atoms with Crippen LogP contribution in [0.3, 0.4) is 0 Å². The molecule has 1 fully saturated rings. The number of methoxy groups -OCH3 is 1. The number of hydrogen-bond acceptors (Lipinski definition) is 3.